The van der Waals surface area contributed by atoms with Crippen LogP contribution in [0.5, 0.6) is 0 Å². The van der Waals surface area contributed by atoms with Crippen LogP contribution in [0, 0.1) is 0 Å². The van der Waals surface area contributed by atoms with Gasteiger partial charge in [-0.3, -0.25) is 0 Å². The predicted octanol–water partition coefficient (Wildman–Crippen LogP) is 3.65. The van der Waals surface area contributed by atoms with Crippen LogP contribution in [0.2, 0.25) is 0 Å². The molecule has 1 fully saturated rings. The second kappa shape index (κ2) is 12.4. The summed E-state index contributed by atoms with van der Waals surface area (Å²) in [6.45, 7) is 8.69. The van der Waals surface area contributed by atoms with Crippen LogP contribution >= 0.6 is 0 Å². The molecule has 1 saturated heterocycles. The molecule has 1 heterocycles. The fourth-order valence-corrected chi connectivity index (χ4v) is 0.304. The van der Waals surface area contributed by atoms with Crippen molar-refractivity contribution in [2.45, 2.75) is 47.6 Å². The number of hydrogen-bond acceptors (Lipinski definition) is 1. The molecule has 1 atom stereocenters. The van der Waals surface area contributed by atoms with Crippen LogP contribution in [-0.4, -0.2) is 12.7 Å². The van der Waals surface area contributed by atoms with Gasteiger partial charge in [0.25, 0.3) is 0 Å². The second-order valence-electron chi connectivity index (χ2n) is 2.06. The molecule has 1 aliphatic heterocycles. The minimum Gasteiger partial charge on any atom is -0.373 e. The zero-order chi connectivity index (χ0) is 7.11. The summed E-state index contributed by atoms with van der Waals surface area (Å²) in [4.78, 5) is 0. The smallest absolute Gasteiger partial charge is 0.0807 e. The van der Waals surface area contributed by atoms with Crippen molar-refractivity contribution in [1.82, 2.24) is 0 Å². The van der Waals surface area contributed by atoms with Gasteiger partial charge in [-0.2, -0.15) is 0 Å². The Labute approximate surface area is 72.5 Å². The lowest BCUT2D eigenvalue weighted by Gasteiger charge is -1.69. The van der Waals surface area contributed by atoms with Gasteiger partial charge < -0.3 is 4.74 Å². The van der Waals surface area contributed by atoms with E-state index in [1.165, 1.54) is 6.42 Å². The average molecular weight is 160 g/mol. The molecule has 0 aromatic heterocycles. The van der Waals surface area contributed by atoms with E-state index < -0.39 is 0 Å². The van der Waals surface area contributed by atoms with Gasteiger partial charge in [0, 0.05) is 0 Å². The number of hydrogen-bond donors (Lipinski definition) is 0. The molecule has 0 amide bonds. The summed E-state index contributed by atoms with van der Waals surface area (Å²) in [5, 5.41) is 0. The summed E-state index contributed by atoms with van der Waals surface area (Å²) in [7, 11) is 0. The highest BCUT2D eigenvalue weighted by Crippen LogP contribution is 2.10. The third kappa shape index (κ3) is 17.7. The molecule has 0 saturated carbocycles. The zero-order valence-electron chi connectivity index (χ0n) is 6.39. The molecule has 0 aliphatic carbocycles. The summed E-state index contributed by atoms with van der Waals surface area (Å²) in [5.41, 5.74) is 0. The third-order valence-electron chi connectivity index (χ3n) is 1.15. The van der Waals surface area contributed by atoms with E-state index in [1.807, 2.05) is 6.08 Å². The first-order valence-electron chi connectivity index (χ1n) is 3.57. The minimum absolute atomic E-state index is 0. The Hall–Kier alpha value is -0.300. The van der Waals surface area contributed by atoms with Gasteiger partial charge in [-0.05, 0) is 12.8 Å². The van der Waals surface area contributed by atoms with Crippen molar-refractivity contribution in [3.63, 3.8) is 0 Å². The standard InChI is InChI=1S/C4H8O.C4H8.2CH4/c1-2-4-3-5-4;1-3-4-2;;/h4H,2-3H2,1H3;3H,1,4H2,2H3;2*1H4. The van der Waals surface area contributed by atoms with Gasteiger partial charge in [0.2, 0.25) is 0 Å². The summed E-state index contributed by atoms with van der Waals surface area (Å²) >= 11 is 0. The van der Waals surface area contributed by atoms with Gasteiger partial charge in [-0.1, -0.05) is 34.8 Å². The number of epoxide rings is 1. The van der Waals surface area contributed by atoms with Crippen molar-refractivity contribution in [3.05, 3.63) is 12.7 Å². The van der Waals surface area contributed by atoms with Gasteiger partial charge >= 0.3 is 0 Å². The van der Waals surface area contributed by atoms with Crippen molar-refractivity contribution >= 4 is 0 Å². The van der Waals surface area contributed by atoms with E-state index in [1.54, 1.807) is 0 Å². The summed E-state index contributed by atoms with van der Waals surface area (Å²) in [5.74, 6) is 0. The van der Waals surface area contributed by atoms with Crippen molar-refractivity contribution in [1.29, 1.82) is 0 Å². The van der Waals surface area contributed by atoms with Gasteiger partial charge in [-0.15, -0.1) is 6.58 Å². The zero-order valence-corrected chi connectivity index (χ0v) is 6.39. The van der Waals surface area contributed by atoms with Crippen LogP contribution in [0.4, 0.5) is 0 Å². The topological polar surface area (TPSA) is 12.5 Å². The highest BCUT2D eigenvalue weighted by Gasteiger charge is 2.18. The summed E-state index contributed by atoms with van der Waals surface area (Å²) in [6, 6.07) is 0. The fraction of sp³-hybridized carbons (Fsp3) is 0.800. The predicted molar refractivity (Wildman–Crippen MR) is 54.0 cm³/mol. The molecular formula is C10H24O. The largest absolute Gasteiger partial charge is 0.373 e. The van der Waals surface area contributed by atoms with Crippen molar-refractivity contribution in [2.75, 3.05) is 6.61 Å². The third-order valence-corrected chi connectivity index (χ3v) is 1.15. The second-order valence-corrected chi connectivity index (χ2v) is 2.06. The van der Waals surface area contributed by atoms with Gasteiger partial charge in [-0.25, -0.2) is 0 Å². The Balaban J connectivity index is -0.000000101. The summed E-state index contributed by atoms with van der Waals surface area (Å²) in [6.07, 6.45) is 4.79. The van der Waals surface area contributed by atoms with Gasteiger partial charge in [0.1, 0.15) is 0 Å². The van der Waals surface area contributed by atoms with E-state index in [-0.39, 0.29) is 14.9 Å². The van der Waals surface area contributed by atoms with E-state index >= 15 is 0 Å². The first-order valence-corrected chi connectivity index (χ1v) is 3.57. The Bertz CT molecular complexity index is 65.3. The molecule has 1 unspecified atom stereocenters. The van der Waals surface area contributed by atoms with E-state index in [9.17, 15) is 0 Å². The highest BCUT2D eigenvalue weighted by molar-refractivity contribution is 4.64. The highest BCUT2D eigenvalue weighted by atomic mass is 16.6. The molecule has 0 aromatic carbocycles. The molecule has 1 aliphatic rings. The number of ether oxygens (including phenoxy) is 1. The molecular weight excluding hydrogens is 136 g/mol. The lowest BCUT2D eigenvalue weighted by atomic mass is 10.4. The summed E-state index contributed by atoms with van der Waals surface area (Å²) < 4.78 is 4.86. The maximum Gasteiger partial charge on any atom is 0.0807 e. The Morgan fingerprint density at radius 3 is 1.82 bits per heavy atom. The minimum atomic E-state index is 0. The maximum absolute atomic E-state index is 4.86. The molecule has 0 radical (unpaired) electrons. The molecule has 11 heavy (non-hydrogen) atoms. The molecule has 0 spiro atoms. The van der Waals surface area contributed by atoms with E-state index in [0.29, 0.717) is 6.10 Å². The van der Waals surface area contributed by atoms with Crippen molar-refractivity contribution in [3.8, 4) is 0 Å². The molecule has 70 valence electrons. The first kappa shape index (κ1) is 17.0. The normalized spacial score (nSPS) is 17.8. The van der Waals surface area contributed by atoms with E-state index in [4.69, 9.17) is 4.74 Å². The van der Waals surface area contributed by atoms with Crippen LogP contribution in [0.3, 0.4) is 0 Å². The number of allylic oxidation sites excluding steroid dienone is 1. The quantitative estimate of drug-likeness (QED) is 0.444. The van der Waals surface area contributed by atoms with E-state index in [2.05, 4.69) is 20.4 Å². The van der Waals surface area contributed by atoms with Crippen molar-refractivity contribution < 1.29 is 4.74 Å². The van der Waals surface area contributed by atoms with Crippen LogP contribution < -0.4 is 0 Å². The molecule has 1 rings (SSSR count). The molecule has 0 aromatic rings. The Morgan fingerprint density at radius 2 is 1.82 bits per heavy atom. The fourth-order valence-electron chi connectivity index (χ4n) is 0.304. The molecule has 1 nitrogen and oxygen atoms in total. The van der Waals surface area contributed by atoms with Crippen LogP contribution in [0.25, 0.3) is 0 Å². The van der Waals surface area contributed by atoms with E-state index in [0.717, 1.165) is 13.0 Å². The molecule has 0 N–H and O–H groups in total. The first-order chi connectivity index (χ1) is 4.35. The van der Waals surface area contributed by atoms with Crippen molar-refractivity contribution in [2.24, 2.45) is 0 Å². The molecule has 0 bridgehead atoms. The van der Waals surface area contributed by atoms with Crippen LogP contribution in [-0.2, 0) is 4.74 Å². The number of rotatable bonds is 2. The monoisotopic (exact) mass is 160 g/mol. The Kier molecular flexibility index (Phi) is 19.1. The van der Waals surface area contributed by atoms with Crippen LogP contribution in [0.15, 0.2) is 12.7 Å². The van der Waals surface area contributed by atoms with Gasteiger partial charge in [0.05, 0.1) is 12.7 Å². The lowest BCUT2D eigenvalue weighted by molar-refractivity contribution is 0.403. The van der Waals surface area contributed by atoms with Gasteiger partial charge in [0.15, 0.2) is 0 Å². The average Bonchev–Trinajstić information content (AvgIpc) is 2.70. The SMILES string of the molecule is C.C.C=CCC.CCC1CO1. The molecule has 1 heteroatoms. The lowest BCUT2D eigenvalue weighted by Crippen LogP contribution is -1.73. The van der Waals surface area contributed by atoms with Crippen LogP contribution in [0.1, 0.15) is 41.5 Å². The Morgan fingerprint density at radius 1 is 1.45 bits per heavy atom. The maximum atomic E-state index is 4.86.